The highest BCUT2D eigenvalue weighted by Crippen LogP contribution is 2.29. The average molecular weight is 541 g/mol. The van der Waals surface area contributed by atoms with E-state index in [1.165, 1.54) is 37.4 Å². The van der Waals surface area contributed by atoms with Gasteiger partial charge in [0, 0.05) is 23.7 Å². The molecule has 11 heteroatoms. The molecule has 1 unspecified atom stereocenters. The molecule has 0 aromatic heterocycles. The quantitative estimate of drug-likeness (QED) is 0.382. The second-order valence-corrected chi connectivity index (χ2v) is 9.93. The Morgan fingerprint density at radius 2 is 1.76 bits per heavy atom. The monoisotopic (exact) mass is 540 g/mol. The first-order valence-electron chi connectivity index (χ1n) is 11.6. The summed E-state index contributed by atoms with van der Waals surface area (Å²) in [5.41, 5.74) is 1.19. The van der Waals surface area contributed by atoms with E-state index in [4.69, 9.17) is 9.84 Å². The average Bonchev–Trinajstić information content (AvgIpc) is 2.92. The molecule has 3 N–H and O–H groups in total. The van der Waals surface area contributed by atoms with Crippen molar-refractivity contribution in [2.75, 3.05) is 19.0 Å². The zero-order valence-electron chi connectivity index (χ0n) is 20.7. The Hall–Kier alpha value is -4.27. The number of ether oxygens (including phenoxy) is 1. The van der Waals surface area contributed by atoms with Gasteiger partial charge in [-0.1, -0.05) is 30.3 Å². The van der Waals surface area contributed by atoms with Crippen LogP contribution in [0.25, 0.3) is 4.25 Å². The zero-order valence-corrected chi connectivity index (χ0v) is 21.5. The number of methoxy groups -OCH3 is 1. The number of amides is 2. The smallest absolute Gasteiger partial charge is 0.495 e. The Balaban J connectivity index is 1.85. The van der Waals surface area contributed by atoms with Gasteiger partial charge in [0.05, 0.1) is 18.0 Å². The summed E-state index contributed by atoms with van der Waals surface area (Å²) in [6.07, 6.45) is 0.163. The maximum atomic E-state index is 13.3. The van der Waals surface area contributed by atoms with Crippen molar-refractivity contribution in [3.05, 3.63) is 94.0 Å². The Morgan fingerprint density at radius 1 is 1.08 bits per heavy atom. The van der Waals surface area contributed by atoms with E-state index in [9.17, 15) is 22.4 Å². The predicted molar refractivity (Wildman–Crippen MR) is 140 cm³/mol. The molecular formula is C27H27FN3O6S+. The molecule has 0 radical (unpaired) electrons. The van der Waals surface area contributed by atoms with Crippen LogP contribution in [0.3, 0.4) is 0 Å². The molecule has 3 rings (SSSR count). The number of aliphatic hydroxyl groups excluding tert-OH is 1. The number of anilines is 1. The van der Waals surface area contributed by atoms with E-state index < -0.39 is 39.6 Å². The fourth-order valence-corrected chi connectivity index (χ4v) is 4.39. The lowest BCUT2D eigenvalue weighted by Gasteiger charge is -2.19. The van der Waals surface area contributed by atoms with Gasteiger partial charge in [0.2, 0.25) is 5.91 Å². The lowest BCUT2D eigenvalue weighted by molar-refractivity contribution is -0.118. The van der Waals surface area contributed by atoms with Gasteiger partial charge in [-0.2, -0.15) is 0 Å². The number of rotatable bonds is 9. The number of aliphatic hydroxyl groups is 1. The van der Waals surface area contributed by atoms with Crippen LogP contribution in [0.2, 0.25) is 0 Å². The van der Waals surface area contributed by atoms with E-state index in [0.29, 0.717) is 0 Å². The number of benzene rings is 3. The van der Waals surface area contributed by atoms with Crippen molar-refractivity contribution in [3.63, 3.8) is 0 Å². The van der Waals surface area contributed by atoms with E-state index >= 15 is 0 Å². The number of carbonyl (C=O) groups is 2. The van der Waals surface area contributed by atoms with Gasteiger partial charge < -0.3 is 20.5 Å². The molecule has 0 spiro atoms. The molecule has 0 heterocycles. The first kappa shape index (κ1) is 28.3. The maximum Gasteiger partial charge on any atom is 0.514 e. The third-order valence-electron chi connectivity index (χ3n) is 5.39. The Kier molecular flexibility index (Phi) is 9.54. The minimum Gasteiger partial charge on any atom is -0.495 e. The molecule has 0 aliphatic heterocycles. The van der Waals surface area contributed by atoms with Gasteiger partial charge >= 0.3 is 16.1 Å². The Morgan fingerprint density at radius 3 is 2.39 bits per heavy atom. The van der Waals surface area contributed by atoms with Crippen LogP contribution in [0, 0.1) is 17.8 Å². The molecule has 0 fully saturated rings. The molecule has 0 saturated heterocycles. The van der Waals surface area contributed by atoms with Crippen molar-refractivity contribution < 1.29 is 32.2 Å². The first-order valence-corrected chi connectivity index (χ1v) is 13.0. The Labute approximate surface area is 220 Å². The lowest BCUT2D eigenvalue weighted by atomic mass is 10.0. The first-order chi connectivity index (χ1) is 18.1. The van der Waals surface area contributed by atoms with Gasteiger partial charge in [-0.15, -0.1) is 8.42 Å². The second-order valence-electron chi connectivity index (χ2n) is 8.36. The summed E-state index contributed by atoms with van der Waals surface area (Å²) in [7, 11) is -2.91. The topological polar surface area (TPSA) is 126 Å². The zero-order chi connectivity index (χ0) is 27.7. The molecule has 0 aliphatic rings. The molecule has 9 nitrogen and oxygen atoms in total. The number of halogens is 1. The number of nitrogens with zero attached hydrogens (tertiary/aromatic N) is 1. The molecular weight excluding hydrogens is 513 g/mol. The number of nitrogens with one attached hydrogen (secondary N) is 2. The van der Waals surface area contributed by atoms with E-state index in [2.05, 4.69) is 21.0 Å². The van der Waals surface area contributed by atoms with Crippen molar-refractivity contribution >= 4 is 27.5 Å². The highest BCUT2D eigenvalue weighted by molar-refractivity contribution is 7.93. The second kappa shape index (κ2) is 12.8. The molecule has 2 amide bonds. The standard InChI is InChI=1S/C27H26FN3O6S/c1-18(17-32)16-29-38(35,36)25-13-12-22(15-24(25)37-2)30-27(34)23(14-19-6-4-3-5-7-19)31-26(33)20-8-10-21(28)11-9-20/h3-13,15,18,23,32H,14,17H2,1-2H3,(H-,30,31,33,34)/p+1/t18?,23-/m0/s1. The number of sulfonamides is 1. The van der Waals surface area contributed by atoms with Crippen molar-refractivity contribution in [2.24, 2.45) is 5.92 Å². The molecule has 38 heavy (non-hydrogen) atoms. The summed E-state index contributed by atoms with van der Waals surface area (Å²) in [6.45, 7) is 1.23. The highest BCUT2D eigenvalue weighted by Gasteiger charge is 2.30. The van der Waals surface area contributed by atoms with Gasteiger partial charge in [-0.3, -0.25) is 9.59 Å². The van der Waals surface area contributed by atoms with Crippen molar-refractivity contribution in [1.29, 1.82) is 0 Å². The minimum absolute atomic E-state index is 0.0695. The molecule has 198 valence electrons. The fraction of sp³-hybridized carbons (Fsp3) is 0.222. The van der Waals surface area contributed by atoms with Crippen molar-refractivity contribution in [3.8, 4) is 11.8 Å². The number of carbonyl (C=O) groups excluding carboxylic acids is 2. The molecule has 0 bridgehead atoms. The largest absolute Gasteiger partial charge is 0.514 e. The van der Waals surface area contributed by atoms with Crippen LogP contribution in [0.1, 0.15) is 22.8 Å². The van der Waals surface area contributed by atoms with Crippen LogP contribution in [-0.2, 0) is 21.2 Å². The summed E-state index contributed by atoms with van der Waals surface area (Å²) in [6, 6.07) is 19.2. The van der Waals surface area contributed by atoms with Crippen LogP contribution in [0.4, 0.5) is 10.1 Å². The van der Waals surface area contributed by atoms with Gasteiger partial charge in [-0.25, -0.2) is 4.39 Å². The summed E-state index contributed by atoms with van der Waals surface area (Å²) in [5, 5.41) is 14.4. The maximum absolute atomic E-state index is 13.3. The summed E-state index contributed by atoms with van der Waals surface area (Å²) < 4.78 is 47.1. The molecule has 2 atom stereocenters. The van der Waals surface area contributed by atoms with Crippen LogP contribution in [-0.4, -0.2) is 45.1 Å². The van der Waals surface area contributed by atoms with Gasteiger partial charge in [-0.05, 0) is 48.9 Å². The summed E-state index contributed by atoms with van der Waals surface area (Å²) >= 11 is 0. The fourth-order valence-electron chi connectivity index (χ4n) is 3.34. The normalized spacial score (nSPS) is 12.4. The third kappa shape index (κ3) is 7.61. The Bertz CT molecular complexity index is 1450. The van der Waals surface area contributed by atoms with Crippen LogP contribution >= 0.6 is 0 Å². The van der Waals surface area contributed by atoms with E-state index in [-0.39, 0.29) is 34.9 Å². The van der Waals surface area contributed by atoms with E-state index in [1.807, 2.05) is 18.2 Å². The van der Waals surface area contributed by atoms with Gasteiger partial charge in [0.15, 0.2) is 4.90 Å². The highest BCUT2D eigenvalue weighted by atomic mass is 32.2. The van der Waals surface area contributed by atoms with Crippen molar-refractivity contribution in [1.82, 2.24) is 5.32 Å². The molecule has 0 saturated carbocycles. The summed E-state index contributed by atoms with van der Waals surface area (Å²) in [5.74, 6) is -2.27. The van der Waals surface area contributed by atoms with Crippen LogP contribution < -0.4 is 15.4 Å². The van der Waals surface area contributed by atoms with Gasteiger partial charge in [0.25, 0.3) is 5.91 Å². The van der Waals surface area contributed by atoms with Gasteiger partial charge in [0.1, 0.15) is 23.5 Å². The predicted octanol–water partition coefficient (Wildman–Crippen LogP) is 3.46. The number of hydrogen-bond acceptors (Lipinski definition) is 6. The summed E-state index contributed by atoms with van der Waals surface area (Å²) in [4.78, 5) is 25.8. The van der Waals surface area contributed by atoms with E-state index in [0.717, 1.165) is 17.7 Å². The third-order valence-corrected chi connectivity index (χ3v) is 6.63. The van der Waals surface area contributed by atoms with Crippen LogP contribution in [0.5, 0.6) is 5.75 Å². The molecule has 3 aromatic rings. The minimum atomic E-state index is -4.18. The molecule has 3 aromatic carbocycles. The number of hydrogen-bond donors (Lipinski definition) is 3. The van der Waals surface area contributed by atoms with E-state index in [1.54, 1.807) is 19.1 Å². The SMILES string of the molecule is COc1cc(NC(=O)[C@H](Cc2ccccc2)NC(=O)c2ccc(F)cc2)ccc1S(=O)(=O)[N+]#CC(C)CO. The molecule has 0 aliphatic carbocycles. The van der Waals surface area contributed by atoms with Crippen molar-refractivity contribution in [2.45, 2.75) is 24.3 Å². The van der Waals surface area contributed by atoms with Crippen LogP contribution in [0.15, 0.2) is 77.7 Å². The lowest BCUT2D eigenvalue weighted by Crippen LogP contribution is -2.45.